The van der Waals surface area contributed by atoms with E-state index < -0.39 is 0 Å². The van der Waals surface area contributed by atoms with Gasteiger partial charge < -0.3 is 27.1 Å². The summed E-state index contributed by atoms with van der Waals surface area (Å²) in [4.78, 5) is 0. The van der Waals surface area contributed by atoms with Gasteiger partial charge in [-0.3, -0.25) is 0 Å². The molecule has 6 aromatic heterocycles. The molecule has 0 saturated carbocycles. The van der Waals surface area contributed by atoms with Gasteiger partial charge in [-0.25, -0.2) is 0 Å². The first-order chi connectivity index (χ1) is 47.6. The lowest BCUT2D eigenvalue weighted by molar-refractivity contribution is 0.668. The fourth-order valence-corrected chi connectivity index (χ4v) is 15.4. The molecule has 0 aliphatic rings. The predicted octanol–water partition coefficient (Wildman–Crippen LogP) is 24.6. The second kappa shape index (κ2) is 21.3. The van der Waals surface area contributed by atoms with E-state index in [1.54, 1.807) is 0 Å². The number of hydrogen-bond donors (Lipinski definition) is 0. The van der Waals surface area contributed by atoms with E-state index in [4.69, 9.17) is 8.83 Å². The molecule has 21 aromatic rings. The number of nitrogens with zero attached hydrogens (tertiary/aromatic N) is 4. The maximum atomic E-state index is 6.30. The van der Waals surface area contributed by atoms with Crippen LogP contribution in [0.15, 0.2) is 349 Å². The molecule has 15 aromatic carbocycles. The first-order valence-electron chi connectivity index (χ1n) is 32.8. The molecule has 0 amide bonds. The van der Waals surface area contributed by atoms with Crippen LogP contribution in [0.4, 0.5) is 0 Å². The molecular weight excluding hydrogens is 1170 g/mol. The van der Waals surface area contributed by atoms with E-state index >= 15 is 0 Å². The highest BCUT2D eigenvalue weighted by molar-refractivity contribution is 6.16. The number of rotatable bonds is 7. The summed E-state index contributed by atoms with van der Waals surface area (Å²) in [5.74, 6) is 0. The Hall–Kier alpha value is -12.9. The minimum Gasteiger partial charge on any atom is -0.456 e. The molecule has 0 bridgehead atoms. The number of para-hydroxylation sites is 7. The summed E-state index contributed by atoms with van der Waals surface area (Å²) in [5.41, 5.74) is 24.9. The number of furan rings is 2. The average Bonchev–Trinajstić information content (AvgIpc) is 1.60. The van der Waals surface area contributed by atoms with Crippen LogP contribution in [-0.2, 0) is 0 Å². The highest BCUT2D eigenvalue weighted by atomic mass is 16.3. The van der Waals surface area contributed by atoms with E-state index in [1.165, 1.54) is 126 Å². The maximum Gasteiger partial charge on any atom is 0.137 e. The molecule has 0 spiro atoms. The smallest absolute Gasteiger partial charge is 0.137 e. The second-order valence-corrected chi connectivity index (χ2v) is 25.1. The summed E-state index contributed by atoms with van der Waals surface area (Å²) >= 11 is 0. The fourth-order valence-electron chi connectivity index (χ4n) is 15.4. The molecule has 0 saturated heterocycles. The van der Waals surface area contributed by atoms with Crippen molar-refractivity contribution in [3.8, 4) is 56.1 Å². The Bertz CT molecular complexity index is 6690. The highest BCUT2D eigenvalue weighted by Gasteiger charge is 2.21. The van der Waals surface area contributed by atoms with Gasteiger partial charge in [0.1, 0.15) is 22.3 Å². The summed E-state index contributed by atoms with van der Waals surface area (Å²) in [5, 5.41) is 14.5. The van der Waals surface area contributed by atoms with Crippen LogP contribution in [-0.4, -0.2) is 18.3 Å². The van der Waals surface area contributed by atoms with Crippen molar-refractivity contribution in [2.24, 2.45) is 0 Å². The molecule has 0 atom stereocenters. The van der Waals surface area contributed by atoms with Crippen LogP contribution in [0.5, 0.6) is 0 Å². The number of hydrogen-bond acceptors (Lipinski definition) is 2. The number of fused-ring (bicyclic) bond motifs is 18. The second-order valence-electron chi connectivity index (χ2n) is 25.1. The van der Waals surface area contributed by atoms with Gasteiger partial charge in [-0.1, -0.05) is 194 Å². The van der Waals surface area contributed by atoms with Gasteiger partial charge in [-0.05, 0) is 167 Å². The third-order valence-corrected chi connectivity index (χ3v) is 19.8. The summed E-state index contributed by atoms with van der Waals surface area (Å²) in [6.07, 6.45) is 0. The molecule has 96 heavy (non-hydrogen) atoms. The maximum absolute atomic E-state index is 6.30. The van der Waals surface area contributed by atoms with Crippen molar-refractivity contribution in [1.29, 1.82) is 0 Å². The van der Waals surface area contributed by atoms with E-state index in [9.17, 15) is 0 Å². The first-order valence-corrected chi connectivity index (χ1v) is 32.8. The Morgan fingerprint density at radius 3 is 0.792 bits per heavy atom. The zero-order valence-electron chi connectivity index (χ0n) is 51.9. The van der Waals surface area contributed by atoms with Crippen molar-refractivity contribution in [3.05, 3.63) is 340 Å². The minimum absolute atomic E-state index is 0.899. The van der Waals surface area contributed by atoms with E-state index in [1.807, 2.05) is 24.3 Å². The predicted molar refractivity (Wildman–Crippen MR) is 401 cm³/mol. The number of benzene rings is 15. The normalized spacial score (nSPS) is 12.0. The van der Waals surface area contributed by atoms with Crippen molar-refractivity contribution in [2.45, 2.75) is 0 Å². The van der Waals surface area contributed by atoms with E-state index in [2.05, 4.69) is 334 Å². The molecule has 6 heteroatoms. The molecule has 6 heterocycles. The molecule has 448 valence electrons. The minimum atomic E-state index is 0.899. The zero-order valence-corrected chi connectivity index (χ0v) is 51.9. The van der Waals surface area contributed by atoms with Crippen LogP contribution in [0.1, 0.15) is 0 Å². The standard InChI is InChI=1S/C48H30N2O.C42H26N2O/c1-2-10-31(11-3-1)32-18-22-35(23-19-32)49-43-15-7-4-12-37(43)41-28-33(20-26-45(41)49)34-21-27-46-42(29-34)38-13-5-8-16-44(38)50(46)36-24-25-40-39-14-6-9-17-47(39)51-48(40)30-36;1-2-10-29(11-3-1)43-37-15-7-4-12-31(37)35-24-27(18-22-39(35)43)28-19-23-40-36(25-28)32-13-5-8-16-38(32)44(40)30-20-21-34-33-14-6-9-17-41(33)45-42(34)26-30/h1-30H;1-26H. The van der Waals surface area contributed by atoms with Crippen molar-refractivity contribution in [1.82, 2.24) is 18.3 Å². The van der Waals surface area contributed by atoms with Gasteiger partial charge in [-0.2, -0.15) is 0 Å². The third-order valence-electron chi connectivity index (χ3n) is 19.8. The molecule has 21 rings (SSSR count). The summed E-state index contributed by atoms with van der Waals surface area (Å²) in [6, 6.07) is 122. The van der Waals surface area contributed by atoms with Gasteiger partial charge >= 0.3 is 0 Å². The van der Waals surface area contributed by atoms with Crippen LogP contribution in [0.3, 0.4) is 0 Å². The van der Waals surface area contributed by atoms with Gasteiger partial charge in [0.15, 0.2) is 0 Å². The van der Waals surface area contributed by atoms with Gasteiger partial charge in [0.05, 0.1) is 44.1 Å². The van der Waals surface area contributed by atoms with E-state index in [0.717, 1.165) is 60.9 Å². The quantitative estimate of drug-likeness (QED) is 0.160. The van der Waals surface area contributed by atoms with Crippen LogP contribution in [0.2, 0.25) is 0 Å². The lowest BCUT2D eigenvalue weighted by Crippen LogP contribution is -1.94. The summed E-state index contributed by atoms with van der Waals surface area (Å²) in [6.45, 7) is 0. The summed E-state index contributed by atoms with van der Waals surface area (Å²) in [7, 11) is 0. The van der Waals surface area contributed by atoms with Crippen molar-refractivity contribution >= 4 is 131 Å². The molecular formula is C90H56N4O2. The van der Waals surface area contributed by atoms with Crippen molar-refractivity contribution in [2.75, 3.05) is 0 Å². The molecule has 6 nitrogen and oxygen atoms in total. The Morgan fingerprint density at radius 1 is 0.146 bits per heavy atom. The fraction of sp³-hybridized carbons (Fsp3) is 0. The van der Waals surface area contributed by atoms with Gasteiger partial charge in [-0.15, -0.1) is 0 Å². The zero-order chi connectivity index (χ0) is 63.0. The highest BCUT2D eigenvalue weighted by Crippen LogP contribution is 2.43. The third kappa shape index (κ3) is 8.39. The van der Waals surface area contributed by atoms with Crippen LogP contribution in [0.25, 0.3) is 187 Å². The monoisotopic (exact) mass is 1220 g/mol. The van der Waals surface area contributed by atoms with Crippen LogP contribution >= 0.6 is 0 Å². The van der Waals surface area contributed by atoms with Gasteiger partial charge in [0, 0.05) is 99.5 Å². The lowest BCUT2D eigenvalue weighted by atomic mass is 10.0. The van der Waals surface area contributed by atoms with Crippen LogP contribution < -0.4 is 0 Å². The lowest BCUT2D eigenvalue weighted by Gasteiger charge is -2.10. The molecule has 0 fully saturated rings. The molecule has 0 radical (unpaired) electrons. The largest absolute Gasteiger partial charge is 0.456 e. The van der Waals surface area contributed by atoms with Gasteiger partial charge in [0.25, 0.3) is 0 Å². The SMILES string of the molecule is c1ccc(-c2ccc(-n3c4ccccc4c4cc(-c5ccc6c(c5)c5ccccc5n6-c5ccc6c(c5)oc5ccccc56)ccc43)cc2)cc1.c1ccc(-n2c3ccccc3c3cc(-c4ccc5c(c4)c4ccccc4n5-c4ccc5c(c4)oc4ccccc45)ccc32)cc1. The molecule has 0 N–H and O–H groups in total. The van der Waals surface area contributed by atoms with Crippen LogP contribution in [0, 0.1) is 0 Å². The first kappa shape index (κ1) is 53.7. The Kier molecular flexibility index (Phi) is 11.9. The van der Waals surface area contributed by atoms with Crippen molar-refractivity contribution < 1.29 is 8.83 Å². The Balaban J connectivity index is 0.000000132. The number of aromatic nitrogens is 4. The topological polar surface area (TPSA) is 46.0 Å². The molecule has 0 unspecified atom stereocenters. The van der Waals surface area contributed by atoms with Crippen molar-refractivity contribution in [3.63, 3.8) is 0 Å². The Labute approximate surface area is 550 Å². The molecule has 0 aliphatic carbocycles. The molecule has 0 aliphatic heterocycles. The van der Waals surface area contributed by atoms with E-state index in [0.29, 0.717) is 0 Å². The Morgan fingerprint density at radius 2 is 0.406 bits per heavy atom. The van der Waals surface area contributed by atoms with E-state index in [-0.39, 0.29) is 0 Å². The average molecular weight is 1230 g/mol. The van der Waals surface area contributed by atoms with Gasteiger partial charge in [0.2, 0.25) is 0 Å². The summed E-state index contributed by atoms with van der Waals surface area (Å²) < 4.78 is 22.0.